The molecule has 1 aliphatic heterocycles. The van der Waals surface area contributed by atoms with E-state index in [-0.39, 0.29) is 18.1 Å². The highest BCUT2D eigenvalue weighted by Gasteiger charge is 2.36. The number of benzene rings is 1. The first kappa shape index (κ1) is 17.8. The Kier molecular flexibility index (Phi) is 4.80. The molecule has 2 aromatic rings. The van der Waals surface area contributed by atoms with Gasteiger partial charge in [0, 0.05) is 24.2 Å². The number of likely N-dealkylation sites (tertiary alicyclic amines) is 1. The first-order valence-electron chi connectivity index (χ1n) is 8.77. The van der Waals surface area contributed by atoms with Crippen molar-refractivity contribution < 1.29 is 14.6 Å². The Morgan fingerprint density at radius 2 is 1.96 bits per heavy atom. The van der Waals surface area contributed by atoms with Crippen LogP contribution < -0.4 is 0 Å². The topological polar surface area (TPSA) is 62.7 Å². The molecule has 2 heterocycles. The number of amides is 1. The predicted molar refractivity (Wildman–Crippen MR) is 97.9 cm³/mol. The molecule has 1 aromatic heterocycles. The van der Waals surface area contributed by atoms with Crippen molar-refractivity contribution in [2.45, 2.75) is 52.9 Å². The molecule has 0 unspecified atom stereocenters. The average Bonchev–Trinajstić information content (AvgIpc) is 2.87. The molecule has 5 heteroatoms. The zero-order valence-corrected chi connectivity index (χ0v) is 15.5. The Hall–Kier alpha value is -1.98. The van der Waals surface area contributed by atoms with Gasteiger partial charge in [0.2, 0.25) is 0 Å². The Morgan fingerprint density at radius 3 is 2.64 bits per heavy atom. The van der Waals surface area contributed by atoms with Gasteiger partial charge in [-0.2, -0.15) is 0 Å². The normalized spacial score (nSPS) is 20.7. The molecular weight excluding hydrogens is 316 g/mol. The maximum Gasteiger partial charge on any atom is 0.254 e. The van der Waals surface area contributed by atoms with Gasteiger partial charge in [-0.1, -0.05) is 11.6 Å². The lowest BCUT2D eigenvalue weighted by molar-refractivity contribution is -0.0394. The van der Waals surface area contributed by atoms with Gasteiger partial charge in [-0.15, -0.1) is 0 Å². The summed E-state index contributed by atoms with van der Waals surface area (Å²) in [6.07, 6.45) is -0.963. The van der Waals surface area contributed by atoms with Crippen molar-refractivity contribution in [3.05, 3.63) is 40.6 Å². The molecule has 3 rings (SSSR count). The number of aromatic nitrogens is 1. The Morgan fingerprint density at radius 1 is 1.24 bits per heavy atom. The third-order valence-electron chi connectivity index (χ3n) is 4.58. The molecule has 2 atom stereocenters. The Bertz CT molecular complexity index is 816. The van der Waals surface area contributed by atoms with Gasteiger partial charge in [-0.25, -0.2) is 0 Å². The van der Waals surface area contributed by atoms with Crippen LogP contribution in [-0.2, 0) is 4.74 Å². The summed E-state index contributed by atoms with van der Waals surface area (Å²) < 4.78 is 5.73. The highest BCUT2D eigenvalue weighted by molar-refractivity contribution is 6.07. The van der Waals surface area contributed by atoms with Crippen LogP contribution in [0.5, 0.6) is 0 Å². The fourth-order valence-electron chi connectivity index (χ4n) is 3.56. The summed E-state index contributed by atoms with van der Waals surface area (Å²) in [6, 6.07) is 5.93. The summed E-state index contributed by atoms with van der Waals surface area (Å²) in [7, 11) is 0. The van der Waals surface area contributed by atoms with Crippen molar-refractivity contribution in [3.63, 3.8) is 0 Å². The minimum absolute atomic E-state index is 0.0176. The second kappa shape index (κ2) is 6.73. The quantitative estimate of drug-likeness (QED) is 0.932. The first-order chi connectivity index (χ1) is 11.8. The van der Waals surface area contributed by atoms with Gasteiger partial charge in [0.25, 0.3) is 5.91 Å². The van der Waals surface area contributed by atoms with E-state index in [4.69, 9.17) is 4.74 Å². The summed E-state index contributed by atoms with van der Waals surface area (Å²) >= 11 is 0. The third kappa shape index (κ3) is 3.53. The van der Waals surface area contributed by atoms with Crippen LogP contribution in [0.3, 0.4) is 0 Å². The fraction of sp³-hybridized carbons (Fsp3) is 0.500. The van der Waals surface area contributed by atoms with Gasteiger partial charge in [-0.05, 0) is 52.3 Å². The van der Waals surface area contributed by atoms with E-state index in [1.807, 2.05) is 46.8 Å². The van der Waals surface area contributed by atoms with Crippen LogP contribution in [0.15, 0.2) is 18.2 Å². The summed E-state index contributed by atoms with van der Waals surface area (Å²) in [4.78, 5) is 19.4. The van der Waals surface area contributed by atoms with E-state index in [0.29, 0.717) is 18.7 Å². The lowest BCUT2D eigenvalue weighted by atomic mass is 10.0. The van der Waals surface area contributed by atoms with Gasteiger partial charge >= 0.3 is 0 Å². The number of hydrogen-bond acceptors (Lipinski definition) is 4. The molecule has 0 aliphatic carbocycles. The molecule has 0 saturated carbocycles. The van der Waals surface area contributed by atoms with E-state index in [9.17, 15) is 9.90 Å². The Labute approximate surface area is 148 Å². The maximum absolute atomic E-state index is 13.1. The molecule has 0 radical (unpaired) electrons. The van der Waals surface area contributed by atoms with E-state index >= 15 is 0 Å². The number of carbonyl (C=O) groups excluding carboxylic acids is 1. The van der Waals surface area contributed by atoms with Crippen LogP contribution in [-0.4, -0.2) is 52.3 Å². The summed E-state index contributed by atoms with van der Waals surface area (Å²) in [6.45, 7) is 10.5. The smallest absolute Gasteiger partial charge is 0.254 e. The molecule has 1 amide bonds. The molecule has 25 heavy (non-hydrogen) atoms. The summed E-state index contributed by atoms with van der Waals surface area (Å²) in [5, 5.41) is 11.1. The van der Waals surface area contributed by atoms with E-state index in [1.54, 1.807) is 4.90 Å². The molecule has 134 valence electrons. The van der Waals surface area contributed by atoms with E-state index in [2.05, 4.69) is 11.1 Å². The van der Waals surface area contributed by atoms with Crippen LogP contribution in [0.1, 0.15) is 41.0 Å². The number of fused-ring (bicyclic) bond motifs is 1. The van der Waals surface area contributed by atoms with Crippen molar-refractivity contribution in [1.29, 1.82) is 0 Å². The summed E-state index contributed by atoms with van der Waals surface area (Å²) in [5.74, 6) is -0.0746. The number of carbonyl (C=O) groups is 1. The van der Waals surface area contributed by atoms with E-state index < -0.39 is 6.10 Å². The second-order valence-electron chi connectivity index (χ2n) is 7.29. The van der Waals surface area contributed by atoms with Crippen LogP contribution in [0, 0.1) is 20.8 Å². The van der Waals surface area contributed by atoms with Gasteiger partial charge in [0.05, 0.1) is 23.3 Å². The van der Waals surface area contributed by atoms with E-state index in [1.165, 1.54) is 0 Å². The minimum atomic E-state index is -0.649. The van der Waals surface area contributed by atoms with Gasteiger partial charge in [0.1, 0.15) is 6.10 Å². The highest BCUT2D eigenvalue weighted by Crippen LogP contribution is 2.26. The Balaban J connectivity index is 1.98. The predicted octanol–water partition coefficient (Wildman–Crippen LogP) is 2.77. The molecule has 0 bridgehead atoms. The molecule has 1 N–H and O–H groups in total. The van der Waals surface area contributed by atoms with Crippen LogP contribution in [0.4, 0.5) is 0 Å². The minimum Gasteiger partial charge on any atom is -0.388 e. The molecule has 0 spiro atoms. The van der Waals surface area contributed by atoms with Crippen LogP contribution >= 0.6 is 0 Å². The molecule has 1 saturated heterocycles. The number of β-amino-alcohol motifs (C(OH)–C–C–N with tert-alkyl or cyclic N) is 1. The van der Waals surface area contributed by atoms with Gasteiger partial charge in [-0.3, -0.25) is 9.78 Å². The zero-order valence-electron chi connectivity index (χ0n) is 15.5. The molecule has 1 aromatic carbocycles. The first-order valence-corrected chi connectivity index (χ1v) is 8.77. The molecular formula is C20H26N2O3. The number of hydrogen-bond donors (Lipinski definition) is 1. The van der Waals surface area contributed by atoms with Crippen molar-refractivity contribution in [3.8, 4) is 0 Å². The number of aliphatic hydroxyl groups is 1. The molecule has 1 fully saturated rings. The lowest BCUT2D eigenvalue weighted by Gasteiger charge is -2.19. The SMILES string of the molecule is Cc1cc(C)c2nc(C)cc(C(=O)N3C[C@H](OC(C)C)[C@@H](O)C3)c2c1. The second-order valence-corrected chi connectivity index (χ2v) is 7.29. The number of pyridine rings is 1. The van der Waals surface area contributed by atoms with Gasteiger partial charge in [0.15, 0.2) is 0 Å². The van der Waals surface area contributed by atoms with Crippen molar-refractivity contribution in [2.75, 3.05) is 13.1 Å². The van der Waals surface area contributed by atoms with Crippen LogP contribution in [0.25, 0.3) is 10.9 Å². The zero-order chi connectivity index (χ0) is 18.3. The molecule has 1 aliphatic rings. The van der Waals surface area contributed by atoms with Crippen LogP contribution in [0.2, 0.25) is 0 Å². The number of rotatable bonds is 3. The van der Waals surface area contributed by atoms with Crippen molar-refractivity contribution in [2.24, 2.45) is 0 Å². The molecule has 5 nitrogen and oxygen atoms in total. The number of ether oxygens (including phenoxy) is 1. The van der Waals surface area contributed by atoms with Crippen molar-refractivity contribution in [1.82, 2.24) is 9.88 Å². The lowest BCUT2D eigenvalue weighted by Crippen LogP contribution is -2.31. The third-order valence-corrected chi connectivity index (χ3v) is 4.58. The van der Waals surface area contributed by atoms with Gasteiger partial charge < -0.3 is 14.7 Å². The largest absolute Gasteiger partial charge is 0.388 e. The number of aliphatic hydroxyl groups excluding tert-OH is 1. The average molecular weight is 342 g/mol. The number of nitrogens with zero attached hydrogens (tertiary/aromatic N) is 2. The monoisotopic (exact) mass is 342 g/mol. The standard InChI is InChI=1S/C20H26N2O3/c1-11(2)25-18-10-22(9-17(18)23)20(24)16-8-14(5)21-19-13(4)6-12(3)7-15(16)19/h6-8,11,17-18,23H,9-10H2,1-5H3/t17-,18-/m0/s1. The number of aryl methyl sites for hydroxylation is 3. The fourth-order valence-corrected chi connectivity index (χ4v) is 3.56. The van der Waals surface area contributed by atoms with E-state index in [0.717, 1.165) is 27.7 Å². The highest BCUT2D eigenvalue weighted by atomic mass is 16.5. The summed E-state index contributed by atoms with van der Waals surface area (Å²) in [5.41, 5.74) is 4.50. The maximum atomic E-state index is 13.1. The van der Waals surface area contributed by atoms with Crippen molar-refractivity contribution >= 4 is 16.8 Å².